The number of thiophene rings is 1. The van der Waals surface area contributed by atoms with Crippen molar-refractivity contribution in [1.82, 2.24) is 5.32 Å². The van der Waals surface area contributed by atoms with Gasteiger partial charge in [0.05, 0.1) is 10.9 Å². The number of benzene rings is 1. The molecule has 1 heterocycles. The third-order valence-electron chi connectivity index (χ3n) is 3.25. The molecule has 0 aliphatic heterocycles. The minimum Gasteiger partial charge on any atom is -0.496 e. The molecule has 2 aromatic rings. The summed E-state index contributed by atoms with van der Waals surface area (Å²) in [6, 6.07) is 10.8. The van der Waals surface area contributed by atoms with Gasteiger partial charge >= 0.3 is 0 Å². The highest BCUT2D eigenvalue weighted by atomic mass is 79.9. The summed E-state index contributed by atoms with van der Waals surface area (Å²) < 4.78 is 7.77. The summed E-state index contributed by atoms with van der Waals surface area (Å²) in [7, 11) is 1.73. The van der Waals surface area contributed by atoms with Gasteiger partial charge in [0.1, 0.15) is 5.75 Å². The molecule has 1 unspecified atom stereocenters. The average molecular weight is 433 g/mol. The third kappa shape index (κ3) is 4.81. The predicted octanol–water partition coefficient (Wildman–Crippen LogP) is 5.57. The van der Waals surface area contributed by atoms with Gasteiger partial charge < -0.3 is 10.1 Å². The minimum absolute atomic E-state index is 0.263. The van der Waals surface area contributed by atoms with E-state index in [1.807, 2.05) is 6.07 Å². The molecule has 114 valence electrons. The first-order valence-corrected chi connectivity index (χ1v) is 9.35. The highest BCUT2D eigenvalue weighted by Crippen LogP contribution is 2.32. The number of ether oxygens (including phenoxy) is 1. The average Bonchev–Trinajstić information content (AvgIpc) is 2.88. The summed E-state index contributed by atoms with van der Waals surface area (Å²) in [5.41, 5.74) is 1.21. The molecule has 0 radical (unpaired) electrons. The molecule has 0 saturated heterocycles. The van der Waals surface area contributed by atoms with Crippen molar-refractivity contribution in [3.8, 4) is 5.75 Å². The zero-order valence-corrected chi connectivity index (χ0v) is 16.1. The monoisotopic (exact) mass is 431 g/mol. The molecular formula is C16H19Br2NOS. The smallest absolute Gasteiger partial charge is 0.124 e. The van der Waals surface area contributed by atoms with Gasteiger partial charge in [-0.05, 0) is 53.2 Å². The summed E-state index contributed by atoms with van der Waals surface area (Å²) in [6.07, 6.45) is 2.08. The Morgan fingerprint density at radius 1 is 1.24 bits per heavy atom. The standard InChI is InChI=1S/C16H19Br2NOS/c1-3-8-19-14(10-12-5-7-16(18)21-12)13-6-4-11(17)9-15(13)20-2/h4-7,9,14,19H,3,8,10H2,1-2H3. The first-order chi connectivity index (χ1) is 10.1. The number of hydrogen-bond acceptors (Lipinski definition) is 3. The molecule has 1 atom stereocenters. The van der Waals surface area contributed by atoms with Crippen molar-refractivity contribution in [1.29, 1.82) is 0 Å². The molecule has 0 saturated carbocycles. The SMILES string of the molecule is CCCNC(Cc1ccc(Br)s1)c1ccc(Br)cc1OC. The van der Waals surface area contributed by atoms with Gasteiger partial charge in [-0.15, -0.1) is 11.3 Å². The number of rotatable bonds is 7. The van der Waals surface area contributed by atoms with Crippen LogP contribution in [-0.4, -0.2) is 13.7 Å². The first kappa shape index (κ1) is 17.0. The van der Waals surface area contributed by atoms with Crippen LogP contribution in [0.15, 0.2) is 38.6 Å². The second kappa shape index (κ2) is 8.32. The van der Waals surface area contributed by atoms with E-state index < -0.39 is 0 Å². The Hall–Kier alpha value is -0.360. The molecule has 0 aliphatic carbocycles. The van der Waals surface area contributed by atoms with Crippen LogP contribution >= 0.6 is 43.2 Å². The van der Waals surface area contributed by atoms with E-state index in [4.69, 9.17) is 4.74 Å². The summed E-state index contributed by atoms with van der Waals surface area (Å²) in [6.45, 7) is 3.18. The van der Waals surface area contributed by atoms with E-state index in [9.17, 15) is 0 Å². The van der Waals surface area contributed by atoms with Gasteiger partial charge in [0.25, 0.3) is 0 Å². The zero-order chi connectivity index (χ0) is 15.2. The van der Waals surface area contributed by atoms with Gasteiger partial charge in [0.15, 0.2) is 0 Å². The van der Waals surface area contributed by atoms with Gasteiger partial charge in [-0.25, -0.2) is 0 Å². The molecule has 0 fully saturated rings. The number of nitrogens with one attached hydrogen (secondary N) is 1. The van der Waals surface area contributed by atoms with Crippen LogP contribution in [0, 0.1) is 0 Å². The van der Waals surface area contributed by atoms with Crippen LogP contribution in [0.2, 0.25) is 0 Å². The third-order valence-corrected chi connectivity index (χ3v) is 5.39. The number of methoxy groups -OCH3 is 1. The molecule has 0 bridgehead atoms. The van der Waals surface area contributed by atoms with Crippen LogP contribution in [0.25, 0.3) is 0 Å². The lowest BCUT2D eigenvalue weighted by Crippen LogP contribution is -2.24. The fraction of sp³-hybridized carbons (Fsp3) is 0.375. The lowest BCUT2D eigenvalue weighted by atomic mass is 10.0. The van der Waals surface area contributed by atoms with Gasteiger partial charge in [-0.2, -0.15) is 0 Å². The Morgan fingerprint density at radius 2 is 2.05 bits per heavy atom. The Bertz CT molecular complexity index is 585. The second-order valence-corrected chi connectivity index (χ2v) is 8.27. The van der Waals surface area contributed by atoms with E-state index in [-0.39, 0.29) is 6.04 Å². The molecule has 0 spiro atoms. The molecule has 2 nitrogen and oxygen atoms in total. The topological polar surface area (TPSA) is 21.3 Å². The Labute approximate surface area is 147 Å². The van der Waals surface area contributed by atoms with E-state index in [0.29, 0.717) is 0 Å². The Kier molecular flexibility index (Phi) is 6.74. The van der Waals surface area contributed by atoms with Crippen LogP contribution in [0.3, 0.4) is 0 Å². The van der Waals surface area contributed by atoms with Gasteiger partial charge in [-0.1, -0.05) is 28.9 Å². The van der Waals surface area contributed by atoms with Crippen LogP contribution in [0.5, 0.6) is 5.75 Å². The molecule has 0 aliphatic rings. The molecule has 1 aromatic heterocycles. The van der Waals surface area contributed by atoms with E-state index in [2.05, 4.69) is 68.4 Å². The fourth-order valence-corrected chi connectivity index (χ4v) is 4.11. The normalized spacial score (nSPS) is 12.4. The van der Waals surface area contributed by atoms with Crippen LogP contribution in [0.1, 0.15) is 29.8 Å². The quantitative estimate of drug-likeness (QED) is 0.617. The molecule has 0 amide bonds. The molecule has 2 rings (SSSR count). The molecule has 1 N–H and O–H groups in total. The van der Waals surface area contributed by atoms with Crippen molar-refractivity contribution in [3.63, 3.8) is 0 Å². The van der Waals surface area contributed by atoms with E-state index in [0.717, 1.165) is 29.6 Å². The maximum atomic E-state index is 5.55. The minimum atomic E-state index is 0.263. The Morgan fingerprint density at radius 3 is 2.67 bits per heavy atom. The van der Waals surface area contributed by atoms with Crippen LogP contribution in [-0.2, 0) is 6.42 Å². The summed E-state index contributed by atoms with van der Waals surface area (Å²) >= 11 is 8.83. The maximum absolute atomic E-state index is 5.55. The number of halogens is 2. The van der Waals surface area contributed by atoms with Crippen molar-refractivity contribution < 1.29 is 4.74 Å². The Balaban J connectivity index is 2.26. The highest BCUT2D eigenvalue weighted by Gasteiger charge is 2.17. The summed E-state index contributed by atoms with van der Waals surface area (Å²) in [5, 5.41) is 3.63. The van der Waals surface area contributed by atoms with E-state index >= 15 is 0 Å². The highest BCUT2D eigenvalue weighted by molar-refractivity contribution is 9.11. The van der Waals surface area contributed by atoms with Crippen LogP contribution < -0.4 is 10.1 Å². The lowest BCUT2D eigenvalue weighted by molar-refractivity contribution is 0.398. The van der Waals surface area contributed by atoms with Crippen molar-refractivity contribution >= 4 is 43.2 Å². The first-order valence-electron chi connectivity index (χ1n) is 6.95. The number of hydrogen-bond donors (Lipinski definition) is 1. The van der Waals surface area contributed by atoms with E-state index in [1.165, 1.54) is 14.2 Å². The molecule has 21 heavy (non-hydrogen) atoms. The molecule has 1 aromatic carbocycles. The van der Waals surface area contributed by atoms with Crippen molar-refractivity contribution in [3.05, 3.63) is 49.0 Å². The van der Waals surface area contributed by atoms with Crippen LogP contribution in [0.4, 0.5) is 0 Å². The van der Waals surface area contributed by atoms with Gasteiger partial charge in [0.2, 0.25) is 0 Å². The van der Waals surface area contributed by atoms with E-state index in [1.54, 1.807) is 18.4 Å². The van der Waals surface area contributed by atoms with Crippen molar-refractivity contribution in [2.24, 2.45) is 0 Å². The van der Waals surface area contributed by atoms with Gasteiger partial charge in [-0.3, -0.25) is 0 Å². The fourth-order valence-electron chi connectivity index (χ4n) is 2.25. The summed E-state index contributed by atoms with van der Waals surface area (Å²) in [4.78, 5) is 1.36. The molecule has 5 heteroatoms. The van der Waals surface area contributed by atoms with Gasteiger partial charge in [0, 0.05) is 27.4 Å². The zero-order valence-electron chi connectivity index (χ0n) is 12.2. The second-order valence-electron chi connectivity index (χ2n) is 4.80. The lowest BCUT2D eigenvalue weighted by Gasteiger charge is -2.21. The molecular weight excluding hydrogens is 414 g/mol. The van der Waals surface area contributed by atoms with Crippen molar-refractivity contribution in [2.75, 3.05) is 13.7 Å². The largest absolute Gasteiger partial charge is 0.496 e. The maximum Gasteiger partial charge on any atom is 0.124 e. The predicted molar refractivity (Wildman–Crippen MR) is 97.5 cm³/mol. The summed E-state index contributed by atoms with van der Waals surface area (Å²) in [5.74, 6) is 0.925. The van der Waals surface area contributed by atoms with Crippen molar-refractivity contribution in [2.45, 2.75) is 25.8 Å².